The van der Waals surface area contributed by atoms with E-state index >= 15 is 0 Å². The quantitative estimate of drug-likeness (QED) is 0.874. The molecule has 2 aromatic rings. The normalized spacial score (nSPS) is 16.2. The highest BCUT2D eigenvalue weighted by molar-refractivity contribution is 7.07. The third-order valence-corrected chi connectivity index (χ3v) is 5.18. The van der Waals surface area contributed by atoms with E-state index in [2.05, 4.69) is 32.0 Å². The van der Waals surface area contributed by atoms with E-state index in [1.165, 1.54) is 23.9 Å². The van der Waals surface area contributed by atoms with Gasteiger partial charge in [0.15, 0.2) is 0 Å². The summed E-state index contributed by atoms with van der Waals surface area (Å²) < 4.78 is 13.5. The lowest BCUT2D eigenvalue weighted by Gasteiger charge is -2.31. The zero-order chi connectivity index (χ0) is 16.8. The number of amides is 1. The number of rotatable bonds is 6. The number of carbonyl (C=O) groups excluding carboxylic acids is 1. The standard InChI is InChI=1S/C18H22FN3OS/c19-16-2-1-6-20-17(16)10-18(23)21-11-14-3-7-22(8-4-14)12-15-5-9-24-13-15/h1-2,5-6,9,13-14H,3-4,7-8,10-12H2,(H,21,23). The Morgan fingerprint density at radius 2 is 2.21 bits per heavy atom. The maximum absolute atomic E-state index is 13.5. The Labute approximate surface area is 145 Å². The summed E-state index contributed by atoms with van der Waals surface area (Å²) in [4.78, 5) is 18.3. The van der Waals surface area contributed by atoms with Crippen LogP contribution in [0.15, 0.2) is 35.2 Å². The molecule has 1 saturated heterocycles. The summed E-state index contributed by atoms with van der Waals surface area (Å²) in [5, 5.41) is 7.24. The van der Waals surface area contributed by atoms with Gasteiger partial charge in [0.25, 0.3) is 0 Å². The van der Waals surface area contributed by atoms with Crippen molar-refractivity contribution in [3.8, 4) is 0 Å². The van der Waals surface area contributed by atoms with E-state index in [4.69, 9.17) is 0 Å². The highest BCUT2D eigenvalue weighted by atomic mass is 32.1. The summed E-state index contributed by atoms with van der Waals surface area (Å²) in [6.45, 7) is 3.80. The number of aromatic nitrogens is 1. The van der Waals surface area contributed by atoms with Gasteiger partial charge in [0.05, 0.1) is 12.1 Å². The van der Waals surface area contributed by atoms with Gasteiger partial charge in [0.2, 0.25) is 5.91 Å². The molecule has 0 unspecified atom stereocenters. The summed E-state index contributed by atoms with van der Waals surface area (Å²) in [6.07, 6.45) is 3.68. The summed E-state index contributed by atoms with van der Waals surface area (Å²) >= 11 is 1.74. The second-order valence-corrected chi connectivity index (χ2v) is 7.04. The molecule has 24 heavy (non-hydrogen) atoms. The number of nitrogens with one attached hydrogen (secondary N) is 1. The topological polar surface area (TPSA) is 45.2 Å². The van der Waals surface area contributed by atoms with Crippen molar-refractivity contribution in [1.82, 2.24) is 15.2 Å². The molecule has 0 atom stereocenters. The fourth-order valence-corrected chi connectivity index (χ4v) is 3.67. The number of piperidine rings is 1. The molecule has 0 saturated carbocycles. The first-order valence-electron chi connectivity index (χ1n) is 8.30. The number of hydrogen-bond donors (Lipinski definition) is 1. The lowest BCUT2D eigenvalue weighted by Crippen LogP contribution is -2.38. The van der Waals surface area contributed by atoms with Crippen LogP contribution in [0.1, 0.15) is 24.1 Å². The van der Waals surface area contributed by atoms with Crippen LogP contribution < -0.4 is 5.32 Å². The van der Waals surface area contributed by atoms with Crippen LogP contribution in [0.25, 0.3) is 0 Å². The van der Waals surface area contributed by atoms with Crippen molar-refractivity contribution in [3.05, 3.63) is 52.2 Å². The van der Waals surface area contributed by atoms with Crippen LogP contribution in [0.2, 0.25) is 0 Å². The van der Waals surface area contributed by atoms with Crippen LogP contribution in [-0.4, -0.2) is 35.4 Å². The van der Waals surface area contributed by atoms with Crippen molar-refractivity contribution in [3.63, 3.8) is 0 Å². The Hall–Kier alpha value is -1.79. The summed E-state index contributed by atoms with van der Waals surface area (Å²) in [6, 6.07) is 5.03. The molecule has 1 aliphatic rings. The minimum atomic E-state index is -0.422. The molecule has 128 valence electrons. The maximum Gasteiger partial charge on any atom is 0.226 e. The smallest absolute Gasteiger partial charge is 0.226 e. The predicted molar refractivity (Wildman–Crippen MR) is 93.2 cm³/mol. The molecule has 0 spiro atoms. The second-order valence-electron chi connectivity index (χ2n) is 6.26. The molecule has 1 aliphatic heterocycles. The SMILES string of the molecule is O=C(Cc1ncccc1F)NCC1CCN(Cc2ccsc2)CC1. The molecule has 0 bridgehead atoms. The number of pyridine rings is 1. The molecule has 2 aromatic heterocycles. The molecule has 3 rings (SSSR count). The molecule has 4 nitrogen and oxygen atoms in total. The molecular weight excluding hydrogens is 325 g/mol. The molecule has 3 heterocycles. The summed E-state index contributed by atoms with van der Waals surface area (Å²) in [5.41, 5.74) is 1.59. The van der Waals surface area contributed by atoms with Gasteiger partial charge in [-0.1, -0.05) is 0 Å². The Morgan fingerprint density at radius 1 is 1.38 bits per heavy atom. The van der Waals surface area contributed by atoms with Gasteiger partial charge in [-0.2, -0.15) is 11.3 Å². The molecule has 0 aliphatic carbocycles. The van der Waals surface area contributed by atoms with Crippen LogP contribution in [0.3, 0.4) is 0 Å². The van der Waals surface area contributed by atoms with Crippen molar-refractivity contribution in [1.29, 1.82) is 0 Å². The van der Waals surface area contributed by atoms with Crippen LogP contribution in [0.4, 0.5) is 4.39 Å². The van der Waals surface area contributed by atoms with Gasteiger partial charge < -0.3 is 5.32 Å². The van der Waals surface area contributed by atoms with Gasteiger partial charge in [-0.25, -0.2) is 4.39 Å². The third kappa shape index (κ3) is 4.85. The number of thiophene rings is 1. The van der Waals surface area contributed by atoms with Crippen molar-refractivity contribution in [2.75, 3.05) is 19.6 Å². The predicted octanol–water partition coefficient (Wildman–Crippen LogP) is 2.85. The summed E-state index contributed by atoms with van der Waals surface area (Å²) in [7, 11) is 0. The Morgan fingerprint density at radius 3 is 2.92 bits per heavy atom. The fraction of sp³-hybridized carbons (Fsp3) is 0.444. The van der Waals surface area contributed by atoms with Crippen molar-refractivity contribution < 1.29 is 9.18 Å². The highest BCUT2D eigenvalue weighted by Crippen LogP contribution is 2.19. The highest BCUT2D eigenvalue weighted by Gasteiger charge is 2.20. The Balaban J connectivity index is 1.37. The first-order chi connectivity index (χ1) is 11.7. The van der Waals surface area contributed by atoms with E-state index in [0.717, 1.165) is 32.5 Å². The van der Waals surface area contributed by atoms with E-state index in [0.29, 0.717) is 12.5 Å². The van der Waals surface area contributed by atoms with Crippen LogP contribution in [-0.2, 0) is 17.8 Å². The minimum absolute atomic E-state index is 0.00365. The van der Waals surface area contributed by atoms with E-state index in [1.54, 1.807) is 11.3 Å². The molecule has 0 radical (unpaired) electrons. The maximum atomic E-state index is 13.5. The van der Waals surface area contributed by atoms with Gasteiger partial charge >= 0.3 is 0 Å². The minimum Gasteiger partial charge on any atom is -0.355 e. The Kier molecular flexibility index (Phi) is 5.93. The second kappa shape index (κ2) is 8.35. The number of halogens is 1. The molecule has 6 heteroatoms. The third-order valence-electron chi connectivity index (χ3n) is 4.44. The average Bonchev–Trinajstić information content (AvgIpc) is 3.09. The van der Waals surface area contributed by atoms with Gasteiger partial charge in [0, 0.05) is 19.3 Å². The van der Waals surface area contributed by atoms with Gasteiger partial charge in [-0.3, -0.25) is 14.7 Å². The molecule has 0 aromatic carbocycles. The monoisotopic (exact) mass is 347 g/mol. The van der Waals surface area contributed by atoms with Crippen molar-refractivity contribution in [2.45, 2.75) is 25.8 Å². The number of carbonyl (C=O) groups is 1. The van der Waals surface area contributed by atoms with Crippen molar-refractivity contribution >= 4 is 17.2 Å². The van der Waals surface area contributed by atoms with E-state index in [-0.39, 0.29) is 18.0 Å². The van der Waals surface area contributed by atoms with Crippen molar-refractivity contribution in [2.24, 2.45) is 5.92 Å². The van der Waals surface area contributed by atoms with Crippen LogP contribution in [0, 0.1) is 11.7 Å². The summed E-state index contributed by atoms with van der Waals surface area (Å²) in [5.74, 6) is -0.0797. The molecule has 1 fully saturated rings. The molecular formula is C18H22FN3OS. The number of nitrogens with zero attached hydrogens (tertiary/aromatic N) is 2. The van der Waals surface area contributed by atoms with Crippen LogP contribution >= 0.6 is 11.3 Å². The zero-order valence-electron chi connectivity index (χ0n) is 13.6. The fourth-order valence-electron chi connectivity index (χ4n) is 3.01. The molecule has 1 amide bonds. The van der Waals surface area contributed by atoms with E-state index in [9.17, 15) is 9.18 Å². The van der Waals surface area contributed by atoms with E-state index in [1.807, 2.05) is 0 Å². The number of likely N-dealkylation sites (tertiary alicyclic amines) is 1. The first kappa shape index (κ1) is 17.0. The lowest BCUT2D eigenvalue weighted by atomic mass is 9.96. The van der Waals surface area contributed by atoms with E-state index < -0.39 is 5.82 Å². The van der Waals surface area contributed by atoms with Crippen LogP contribution in [0.5, 0.6) is 0 Å². The lowest BCUT2D eigenvalue weighted by molar-refractivity contribution is -0.120. The number of hydrogen-bond acceptors (Lipinski definition) is 4. The zero-order valence-corrected chi connectivity index (χ0v) is 14.4. The van der Waals surface area contributed by atoms with Gasteiger partial charge in [0.1, 0.15) is 5.82 Å². The van der Waals surface area contributed by atoms with Gasteiger partial charge in [-0.15, -0.1) is 0 Å². The first-order valence-corrected chi connectivity index (χ1v) is 9.24. The molecule has 1 N–H and O–H groups in total. The average molecular weight is 347 g/mol. The largest absolute Gasteiger partial charge is 0.355 e. The van der Waals surface area contributed by atoms with Gasteiger partial charge in [-0.05, 0) is 66.4 Å². The Bertz CT molecular complexity index is 654.